The predicted molar refractivity (Wildman–Crippen MR) is 77.6 cm³/mol. The molecule has 0 aliphatic rings. The van der Waals surface area contributed by atoms with Crippen LogP contribution in [-0.4, -0.2) is 17.9 Å². The van der Waals surface area contributed by atoms with Gasteiger partial charge < -0.3 is 10.6 Å². The highest BCUT2D eigenvalue weighted by molar-refractivity contribution is 6.01. The van der Waals surface area contributed by atoms with E-state index in [4.69, 9.17) is 5.26 Å². The summed E-state index contributed by atoms with van der Waals surface area (Å²) in [4.78, 5) is 22.6. The zero-order valence-corrected chi connectivity index (χ0v) is 11.7. The first-order chi connectivity index (χ1) is 9.42. The molecule has 0 fully saturated rings. The van der Waals surface area contributed by atoms with Crippen molar-refractivity contribution in [3.8, 4) is 6.07 Å². The van der Waals surface area contributed by atoms with Gasteiger partial charge in [0, 0.05) is 18.7 Å². The number of nitriles is 1. The van der Waals surface area contributed by atoms with Crippen LogP contribution in [0.3, 0.4) is 0 Å². The van der Waals surface area contributed by atoms with Crippen LogP contribution in [0.25, 0.3) is 6.08 Å². The van der Waals surface area contributed by atoms with Crippen molar-refractivity contribution in [3.63, 3.8) is 0 Å². The van der Waals surface area contributed by atoms with Gasteiger partial charge in [0.25, 0.3) is 5.91 Å². The maximum Gasteiger partial charge on any atom is 0.262 e. The summed E-state index contributed by atoms with van der Waals surface area (Å²) in [5, 5.41) is 14.3. The molecule has 0 radical (unpaired) electrons. The third-order valence-electron chi connectivity index (χ3n) is 2.33. The minimum Gasteiger partial charge on any atom is -0.349 e. The molecular weight excluding hydrogens is 254 g/mol. The lowest BCUT2D eigenvalue weighted by Gasteiger charge is -2.07. The second-order valence-corrected chi connectivity index (χ2v) is 4.60. The highest BCUT2D eigenvalue weighted by Crippen LogP contribution is 2.12. The van der Waals surface area contributed by atoms with E-state index in [2.05, 4.69) is 10.6 Å². The average Bonchev–Trinajstić information content (AvgIpc) is 2.36. The van der Waals surface area contributed by atoms with E-state index in [9.17, 15) is 9.59 Å². The van der Waals surface area contributed by atoms with Crippen molar-refractivity contribution < 1.29 is 9.59 Å². The van der Waals surface area contributed by atoms with Crippen molar-refractivity contribution in [2.24, 2.45) is 0 Å². The molecule has 1 rings (SSSR count). The molecule has 0 aliphatic heterocycles. The van der Waals surface area contributed by atoms with Crippen LogP contribution in [-0.2, 0) is 9.59 Å². The van der Waals surface area contributed by atoms with Gasteiger partial charge in [0.2, 0.25) is 5.91 Å². The lowest BCUT2D eigenvalue weighted by atomic mass is 10.1. The third-order valence-corrected chi connectivity index (χ3v) is 2.33. The van der Waals surface area contributed by atoms with Crippen molar-refractivity contribution >= 4 is 23.6 Å². The first-order valence-corrected chi connectivity index (χ1v) is 6.22. The molecule has 0 atom stereocenters. The summed E-state index contributed by atoms with van der Waals surface area (Å²) in [6.07, 6.45) is 1.51. The standard InChI is InChI=1S/C15H17N3O2/c1-10(2)17-15(20)13(9-16)8-12-4-6-14(7-5-12)18-11(3)19/h4-8,10H,1-3H3,(H,17,20)(H,18,19)/b13-8+. The first kappa shape index (κ1) is 15.4. The van der Waals surface area contributed by atoms with Crippen LogP contribution >= 0.6 is 0 Å². The Morgan fingerprint density at radius 1 is 1.25 bits per heavy atom. The summed E-state index contributed by atoms with van der Waals surface area (Å²) < 4.78 is 0. The fourth-order valence-corrected chi connectivity index (χ4v) is 1.52. The summed E-state index contributed by atoms with van der Waals surface area (Å²) in [6.45, 7) is 5.09. The Balaban J connectivity index is 2.88. The molecule has 0 aliphatic carbocycles. The Labute approximate surface area is 118 Å². The number of hydrogen-bond donors (Lipinski definition) is 2. The van der Waals surface area contributed by atoms with Gasteiger partial charge in [0.15, 0.2) is 0 Å². The van der Waals surface area contributed by atoms with Crippen LogP contribution < -0.4 is 10.6 Å². The zero-order chi connectivity index (χ0) is 15.1. The Hall–Kier alpha value is -2.61. The summed E-state index contributed by atoms with van der Waals surface area (Å²) in [6, 6.07) is 8.73. The van der Waals surface area contributed by atoms with Crippen LogP contribution in [0, 0.1) is 11.3 Å². The van der Waals surface area contributed by atoms with Gasteiger partial charge >= 0.3 is 0 Å². The molecular formula is C15H17N3O2. The molecule has 20 heavy (non-hydrogen) atoms. The number of hydrogen-bond acceptors (Lipinski definition) is 3. The number of amides is 2. The van der Waals surface area contributed by atoms with Crippen molar-refractivity contribution in [2.75, 3.05) is 5.32 Å². The fraction of sp³-hybridized carbons (Fsp3) is 0.267. The number of anilines is 1. The molecule has 0 spiro atoms. The van der Waals surface area contributed by atoms with E-state index in [-0.39, 0.29) is 17.5 Å². The summed E-state index contributed by atoms with van der Waals surface area (Å²) in [7, 11) is 0. The summed E-state index contributed by atoms with van der Waals surface area (Å²) in [5.74, 6) is -0.546. The van der Waals surface area contributed by atoms with E-state index in [1.54, 1.807) is 24.3 Å². The van der Waals surface area contributed by atoms with E-state index in [0.717, 1.165) is 5.56 Å². The summed E-state index contributed by atoms with van der Waals surface area (Å²) >= 11 is 0. The second kappa shape index (κ2) is 7.10. The lowest BCUT2D eigenvalue weighted by molar-refractivity contribution is -0.117. The monoisotopic (exact) mass is 271 g/mol. The van der Waals surface area contributed by atoms with Crippen LogP contribution in [0.2, 0.25) is 0 Å². The van der Waals surface area contributed by atoms with Gasteiger partial charge in [0.05, 0.1) is 0 Å². The molecule has 0 saturated carbocycles. The van der Waals surface area contributed by atoms with Crippen LogP contribution in [0.5, 0.6) is 0 Å². The first-order valence-electron chi connectivity index (χ1n) is 6.22. The molecule has 104 valence electrons. The zero-order valence-electron chi connectivity index (χ0n) is 11.7. The van der Waals surface area contributed by atoms with Crippen LogP contribution in [0.4, 0.5) is 5.69 Å². The highest BCUT2D eigenvalue weighted by atomic mass is 16.2. The van der Waals surface area contributed by atoms with Gasteiger partial charge in [0.1, 0.15) is 11.6 Å². The van der Waals surface area contributed by atoms with Crippen LogP contribution in [0.1, 0.15) is 26.3 Å². The van der Waals surface area contributed by atoms with Gasteiger partial charge in [-0.05, 0) is 37.6 Å². The number of nitrogens with zero attached hydrogens (tertiary/aromatic N) is 1. The largest absolute Gasteiger partial charge is 0.349 e. The SMILES string of the molecule is CC(=O)Nc1ccc(/C=C(\C#N)C(=O)NC(C)C)cc1. The molecule has 0 heterocycles. The van der Waals surface area contributed by atoms with Gasteiger partial charge in [-0.2, -0.15) is 5.26 Å². The molecule has 5 nitrogen and oxygen atoms in total. The Morgan fingerprint density at radius 2 is 1.85 bits per heavy atom. The van der Waals surface area contributed by atoms with E-state index < -0.39 is 5.91 Å². The molecule has 1 aromatic carbocycles. The quantitative estimate of drug-likeness (QED) is 0.649. The van der Waals surface area contributed by atoms with Crippen LogP contribution in [0.15, 0.2) is 29.8 Å². The molecule has 0 bridgehead atoms. The smallest absolute Gasteiger partial charge is 0.262 e. The lowest BCUT2D eigenvalue weighted by Crippen LogP contribution is -2.30. The van der Waals surface area contributed by atoms with Gasteiger partial charge in [-0.25, -0.2) is 0 Å². The molecule has 1 aromatic rings. The Bertz CT molecular complexity index is 566. The Kier molecular flexibility index (Phi) is 5.48. The average molecular weight is 271 g/mol. The molecule has 2 amide bonds. The predicted octanol–water partition coefficient (Wildman–Crippen LogP) is 2.08. The van der Waals surface area contributed by atoms with Crippen molar-refractivity contribution in [1.82, 2.24) is 5.32 Å². The normalized spacial score (nSPS) is 10.8. The van der Waals surface area contributed by atoms with Gasteiger partial charge in [-0.15, -0.1) is 0 Å². The van der Waals surface area contributed by atoms with E-state index in [1.807, 2.05) is 19.9 Å². The highest BCUT2D eigenvalue weighted by Gasteiger charge is 2.09. The van der Waals surface area contributed by atoms with Crippen molar-refractivity contribution in [2.45, 2.75) is 26.8 Å². The summed E-state index contributed by atoms with van der Waals surface area (Å²) in [5.41, 5.74) is 1.43. The molecule has 5 heteroatoms. The third kappa shape index (κ3) is 4.94. The molecule has 0 aromatic heterocycles. The number of carbonyl (C=O) groups is 2. The Morgan fingerprint density at radius 3 is 2.30 bits per heavy atom. The van der Waals surface area contributed by atoms with E-state index in [1.165, 1.54) is 13.0 Å². The maximum absolute atomic E-state index is 11.7. The number of rotatable bonds is 4. The molecule has 2 N–H and O–H groups in total. The van der Waals surface area contributed by atoms with E-state index >= 15 is 0 Å². The topological polar surface area (TPSA) is 82.0 Å². The minimum absolute atomic E-state index is 0.0265. The maximum atomic E-state index is 11.7. The second-order valence-electron chi connectivity index (χ2n) is 4.60. The van der Waals surface area contributed by atoms with Gasteiger partial charge in [-0.3, -0.25) is 9.59 Å². The molecule has 0 saturated heterocycles. The fourth-order valence-electron chi connectivity index (χ4n) is 1.52. The minimum atomic E-state index is -0.395. The number of benzene rings is 1. The van der Waals surface area contributed by atoms with Crippen molar-refractivity contribution in [3.05, 3.63) is 35.4 Å². The molecule has 0 unspecified atom stereocenters. The van der Waals surface area contributed by atoms with E-state index in [0.29, 0.717) is 5.69 Å². The number of carbonyl (C=O) groups excluding carboxylic acids is 2. The number of nitrogens with one attached hydrogen (secondary N) is 2. The van der Waals surface area contributed by atoms with Gasteiger partial charge in [-0.1, -0.05) is 12.1 Å². The van der Waals surface area contributed by atoms with Crippen molar-refractivity contribution in [1.29, 1.82) is 5.26 Å².